The number of ether oxygens (including phenoxy) is 1. The number of hydrogen-bond acceptors (Lipinski definition) is 3. The van der Waals surface area contributed by atoms with Crippen LogP contribution in [-0.4, -0.2) is 42.1 Å². The number of nitrogens with zero attached hydrogens (tertiary/aromatic N) is 1. The van der Waals surface area contributed by atoms with E-state index in [0.717, 1.165) is 38.1 Å². The van der Waals surface area contributed by atoms with Gasteiger partial charge in [0.25, 0.3) is 0 Å². The number of benzene rings is 1. The van der Waals surface area contributed by atoms with Gasteiger partial charge in [-0.05, 0) is 36.8 Å². The van der Waals surface area contributed by atoms with Gasteiger partial charge in [0.2, 0.25) is 5.91 Å². The number of rotatable bonds is 6. The molecule has 2 rings (SSSR count). The van der Waals surface area contributed by atoms with Gasteiger partial charge in [-0.1, -0.05) is 18.2 Å². The largest absolute Gasteiger partial charge is 0.496 e. The molecule has 22 heavy (non-hydrogen) atoms. The Balaban J connectivity index is 1.82. The second kappa shape index (κ2) is 7.82. The molecule has 1 amide bonds. The van der Waals surface area contributed by atoms with Gasteiger partial charge >= 0.3 is 5.97 Å². The lowest BCUT2D eigenvalue weighted by atomic mass is 9.89. The normalized spacial score (nSPS) is 15.6. The molecule has 0 aromatic heterocycles. The second-order valence-electron chi connectivity index (χ2n) is 5.73. The first-order valence-corrected chi connectivity index (χ1v) is 7.71. The van der Waals surface area contributed by atoms with Crippen molar-refractivity contribution < 1.29 is 19.4 Å². The van der Waals surface area contributed by atoms with Crippen LogP contribution < -0.4 is 4.74 Å². The van der Waals surface area contributed by atoms with E-state index >= 15 is 0 Å². The molecule has 1 heterocycles. The summed E-state index contributed by atoms with van der Waals surface area (Å²) in [4.78, 5) is 24.2. The molecule has 0 unspecified atom stereocenters. The van der Waals surface area contributed by atoms with Crippen molar-refractivity contribution >= 4 is 11.9 Å². The lowest BCUT2D eigenvalue weighted by Crippen LogP contribution is -2.39. The minimum atomic E-state index is -0.917. The molecule has 1 aliphatic rings. The molecular formula is C17H23NO4. The maximum absolute atomic E-state index is 11.9. The van der Waals surface area contributed by atoms with Crippen molar-refractivity contribution in [2.75, 3.05) is 20.2 Å². The van der Waals surface area contributed by atoms with Crippen LogP contribution >= 0.6 is 0 Å². The van der Waals surface area contributed by atoms with Crippen molar-refractivity contribution in [3.8, 4) is 5.75 Å². The summed E-state index contributed by atoms with van der Waals surface area (Å²) >= 11 is 0. The number of methoxy groups -OCH3 is 1. The zero-order valence-corrected chi connectivity index (χ0v) is 13.0. The average Bonchev–Trinajstić information content (AvgIpc) is 2.54. The smallest absolute Gasteiger partial charge is 0.303 e. The van der Waals surface area contributed by atoms with Crippen molar-refractivity contribution in [3.05, 3.63) is 29.8 Å². The van der Waals surface area contributed by atoms with Crippen LogP contribution in [0.25, 0.3) is 0 Å². The number of amides is 1. The molecule has 1 saturated heterocycles. The van der Waals surface area contributed by atoms with Crippen LogP contribution in [0.3, 0.4) is 0 Å². The minimum absolute atomic E-state index is 0.0434. The number of carboxylic acid groups (broad SMARTS) is 1. The maximum atomic E-state index is 11.9. The predicted molar refractivity (Wildman–Crippen MR) is 82.9 cm³/mol. The molecule has 0 bridgehead atoms. The molecular weight excluding hydrogens is 282 g/mol. The molecule has 1 aromatic rings. The van der Waals surface area contributed by atoms with Crippen LogP contribution in [-0.2, 0) is 16.0 Å². The van der Waals surface area contributed by atoms with E-state index in [1.807, 2.05) is 18.2 Å². The van der Waals surface area contributed by atoms with E-state index in [2.05, 4.69) is 6.07 Å². The number of para-hydroxylation sites is 1. The quantitative estimate of drug-likeness (QED) is 0.876. The second-order valence-corrected chi connectivity index (χ2v) is 5.73. The summed E-state index contributed by atoms with van der Waals surface area (Å²) in [7, 11) is 1.68. The molecule has 0 atom stereocenters. The van der Waals surface area contributed by atoms with Gasteiger partial charge in [0.05, 0.1) is 13.5 Å². The Morgan fingerprint density at radius 3 is 2.55 bits per heavy atom. The monoisotopic (exact) mass is 305 g/mol. The van der Waals surface area contributed by atoms with Crippen LogP contribution in [0.2, 0.25) is 0 Å². The molecule has 1 aromatic carbocycles. The van der Waals surface area contributed by atoms with E-state index in [1.54, 1.807) is 12.0 Å². The number of carbonyl (C=O) groups excluding carboxylic acids is 1. The van der Waals surface area contributed by atoms with Crippen LogP contribution in [0.1, 0.15) is 31.2 Å². The summed E-state index contributed by atoms with van der Waals surface area (Å²) in [6.45, 7) is 1.44. The molecule has 1 fully saturated rings. The first-order valence-electron chi connectivity index (χ1n) is 7.71. The zero-order valence-electron chi connectivity index (χ0n) is 13.0. The fourth-order valence-electron chi connectivity index (χ4n) is 2.94. The topological polar surface area (TPSA) is 66.8 Å². The van der Waals surface area contributed by atoms with Gasteiger partial charge in [-0.25, -0.2) is 0 Å². The van der Waals surface area contributed by atoms with Crippen molar-refractivity contribution in [2.24, 2.45) is 5.92 Å². The van der Waals surface area contributed by atoms with Crippen LogP contribution in [0.5, 0.6) is 5.75 Å². The summed E-state index contributed by atoms with van der Waals surface area (Å²) in [6.07, 6.45) is 2.89. The zero-order chi connectivity index (χ0) is 15.9. The number of carboxylic acids is 1. The summed E-state index contributed by atoms with van der Waals surface area (Å²) in [5, 5.41) is 8.63. The molecule has 0 spiro atoms. The first kappa shape index (κ1) is 16.3. The molecule has 0 aliphatic carbocycles. The molecule has 0 radical (unpaired) electrons. The Bertz CT molecular complexity index is 521. The van der Waals surface area contributed by atoms with Crippen molar-refractivity contribution in [1.29, 1.82) is 0 Å². The Morgan fingerprint density at radius 1 is 1.23 bits per heavy atom. The standard InChI is InChI=1S/C17H23NO4/c1-22-15-5-3-2-4-14(15)12-13-8-10-18(11-9-13)16(19)6-7-17(20)21/h2-5,13H,6-12H2,1H3,(H,20,21). The third-order valence-electron chi connectivity index (χ3n) is 4.22. The molecule has 1 N–H and O–H groups in total. The van der Waals surface area contributed by atoms with Gasteiger partial charge in [0.1, 0.15) is 5.75 Å². The number of likely N-dealkylation sites (tertiary alicyclic amines) is 1. The number of hydrogen-bond donors (Lipinski definition) is 1. The van der Waals surface area contributed by atoms with Crippen molar-refractivity contribution in [2.45, 2.75) is 32.1 Å². The summed E-state index contributed by atoms with van der Waals surface area (Å²) in [5.74, 6) is 0.500. The third kappa shape index (κ3) is 4.48. The molecule has 5 heteroatoms. The summed E-state index contributed by atoms with van der Waals surface area (Å²) in [5.41, 5.74) is 1.21. The highest BCUT2D eigenvalue weighted by molar-refractivity contribution is 5.80. The SMILES string of the molecule is COc1ccccc1CC1CCN(C(=O)CCC(=O)O)CC1. The van der Waals surface area contributed by atoms with Gasteiger partial charge in [0, 0.05) is 19.5 Å². The number of piperidine rings is 1. The number of carbonyl (C=O) groups is 2. The molecule has 120 valence electrons. The van der Waals surface area contributed by atoms with Crippen molar-refractivity contribution in [1.82, 2.24) is 4.90 Å². The molecule has 5 nitrogen and oxygen atoms in total. The van der Waals surface area contributed by atoms with Gasteiger partial charge < -0.3 is 14.7 Å². The van der Waals surface area contributed by atoms with Crippen molar-refractivity contribution in [3.63, 3.8) is 0 Å². The van der Waals surface area contributed by atoms with Crippen LogP contribution in [0.15, 0.2) is 24.3 Å². The van der Waals surface area contributed by atoms with Crippen LogP contribution in [0, 0.1) is 5.92 Å². The first-order chi connectivity index (χ1) is 10.6. The van der Waals surface area contributed by atoms with Gasteiger partial charge in [-0.3, -0.25) is 9.59 Å². The fraction of sp³-hybridized carbons (Fsp3) is 0.529. The molecule has 0 saturated carbocycles. The van der Waals surface area contributed by atoms with E-state index in [4.69, 9.17) is 9.84 Å². The van der Waals surface area contributed by atoms with E-state index in [9.17, 15) is 9.59 Å². The highest BCUT2D eigenvalue weighted by Gasteiger charge is 2.23. The number of aliphatic carboxylic acids is 1. The Hall–Kier alpha value is -2.04. The Labute approximate surface area is 130 Å². The lowest BCUT2D eigenvalue weighted by Gasteiger charge is -2.32. The predicted octanol–water partition coefficient (Wildman–Crippen LogP) is 2.34. The fourth-order valence-corrected chi connectivity index (χ4v) is 2.94. The van der Waals surface area contributed by atoms with E-state index in [0.29, 0.717) is 5.92 Å². The third-order valence-corrected chi connectivity index (χ3v) is 4.22. The minimum Gasteiger partial charge on any atom is -0.496 e. The Morgan fingerprint density at radius 2 is 1.91 bits per heavy atom. The Kier molecular flexibility index (Phi) is 5.81. The van der Waals surface area contributed by atoms with E-state index < -0.39 is 5.97 Å². The van der Waals surface area contributed by atoms with E-state index in [1.165, 1.54) is 5.56 Å². The van der Waals surface area contributed by atoms with Crippen LogP contribution in [0.4, 0.5) is 0 Å². The van der Waals surface area contributed by atoms with Gasteiger partial charge in [0.15, 0.2) is 0 Å². The van der Waals surface area contributed by atoms with E-state index in [-0.39, 0.29) is 18.7 Å². The van der Waals surface area contributed by atoms with Gasteiger partial charge in [-0.2, -0.15) is 0 Å². The summed E-state index contributed by atoms with van der Waals surface area (Å²) in [6, 6.07) is 8.04. The lowest BCUT2D eigenvalue weighted by molar-refractivity contribution is -0.141. The average molecular weight is 305 g/mol. The summed E-state index contributed by atoms with van der Waals surface area (Å²) < 4.78 is 5.38. The molecule has 1 aliphatic heterocycles. The van der Waals surface area contributed by atoms with Gasteiger partial charge in [-0.15, -0.1) is 0 Å². The highest BCUT2D eigenvalue weighted by atomic mass is 16.5. The highest BCUT2D eigenvalue weighted by Crippen LogP contribution is 2.26. The maximum Gasteiger partial charge on any atom is 0.303 e.